The largest absolute Gasteiger partial charge is 0.311 e. The van der Waals surface area contributed by atoms with Crippen molar-refractivity contribution in [3.8, 4) is 5.40 Å². The van der Waals surface area contributed by atoms with Crippen LogP contribution < -0.4 is 4.90 Å². The lowest BCUT2D eigenvalue weighted by Crippen LogP contribution is -2.24. The normalized spacial score (nSPS) is 19.1. The van der Waals surface area contributed by atoms with Crippen LogP contribution in [-0.2, 0) is 4.79 Å². The molecule has 94 valence electrons. The van der Waals surface area contributed by atoms with Gasteiger partial charge in [0.05, 0.1) is 10.7 Å². The van der Waals surface area contributed by atoms with Crippen molar-refractivity contribution in [3.63, 3.8) is 0 Å². The van der Waals surface area contributed by atoms with Gasteiger partial charge in [-0.1, -0.05) is 11.6 Å². The molecule has 0 radical (unpaired) electrons. The Morgan fingerprint density at radius 1 is 1.61 bits per heavy atom. The summed E-state index contributed by atoms with van der Waals surface area (Å²) >= 11 is 11.4. The van der Waals surface area contributed by atoms with E-state index in [1.54, 1.807) is 23.1 Å². The van der Waals surface area contributed by atoms with E-state index in [9.17, 15) is 4.79 Å². The second-order valence-electron chi connectivity index (χ2n) is 4.06. The zero-order chi connectivity index (χ0) is 13.1. The number of rotatable bonds is 3. The highest BCUT2D eigenvalue weighted by Crippen LogP contribution is 2.34. The maximum Gasteiger partial charge on any atom is 0.227 e. The lowest BCUT2D eigenvalue weighted by molar-refractivity contribution is -0.117. The Balaban J connectivity index is 2.24. The molecule has 1 amide bonds. The van der Waals surface area contributed by atoms with Gasteiger partial charge >= 0.3 is 0 Å². The first-order valence-electron chi connectivity index (χ1n) is 5.42. The van der Waals surface area contributed by atoms with Gasteiger partial charge in [-0.15, -0.1) is 0 Å². The van der Waals surface area contributed by atoms with Gasteiger partial charge in [-0.3, -0.25) is 4.79 Å². The first kappa shape index (κ1) is 13.6. The molecule has 0 spiro atoms. The molecule has 0 saturated carbocycles. The molecule has 0 aromatic heterocycles. The number of nitriles is 1. The Hall–Kier alpha value is -0.830. The van der Waals surface area contributed by atoms with Crippen molar-refractivity contribution in [1.29, 1.82) is 5.26 Å². The molecule has 1 heterocycles. The first-order valence-corrected chi connectivity index (χ1v) is 7.25. The summed E-state index contributed by atoms with van der Waals surface area (Å²) in [6, 6.07) is 5.31. The fraction of sp³-hybridized carbons (Fsp3) is 0.333. The van der Waals surface area contributed by atoms with Gasteiger partial charge in [-0.25, -0.2) is 0 Å². The SMILES string of the molecule is N#CSc1ccc(N2CC(CS)CC2=O)c(Cl)c1. The maximum absolute atomic E-state index is 11.9. The summed E-state index contributed by atoms with van der Waals surface area (Å²) < 4.78 is 0. The number of carbonyl (C=O) groups is 1. The number of nitrogens with zero attached hydrogens (tertiary/aromatic N) is 2. The quantitative estimate of drug-likeness (QED) is 0.529. The van der Waals surface area contributed by atoms with E-state index < -0.39 is 0 Å². The summed E-state index contributed by atoms with van der Waals surface area (Å²) in [4.78, 5) is 14.4. The van der Waals surface area contributed by atoms with Crippen LogP contribution in [0.25, 0.3) is 0 Å². The van der Waals surface area contributed by atoms with Crippen LogP contribution >= 0.6 is 36.0 Å². The molecule has 1 aromatic rings. The molecule has 3 nitrogen and oxygen atoms in total. The Labute approximate surface area is 121 Å². The smallest absolute Gasteiger partial charge is 0.227 e. The van der Waals surface area contributed by atoms with E-state index in [0.717, 1.165) is 16.7 Å². The number of hydrogen-bond acceptors (Lipinski definition) is 4. The number of thioether (sulfide) groups is 1. The number of thiol groups is 1. The fourth-order valence-corrected chi connectivity index (χ4v) is 2.97. The topological polar surface area (TPSA) is 44.1 Å². The van der Waals surface area contributed by atoms with Gasteiger partial charge in [0.15, 0.2) is 0 Å². The zero-order valence-electron chi connectivity index (χ0n) is 9.47. The average Bonchev–Trinajstić information content (AvgIpc) is 2.71. The third kappa shape index (κ3) is 2.77. The summed E-state index contributed by atoms with van der Waals surface area (Å²) in [7, 11) is 0. The number of thiocyanates is 1. The van der Waals surface area contributed by atoms with Crippen LogP contribution in [0.2, 0.25) is 5.02 Å². The third-order valence-electron chi connectivity index (χ3n) is 2.84. The summed E-state index contributed by atoms with van der Waals surface area (Å²) in [6.07, 6.45) is 0.522. The molecule has 0 aliphatic carbocycles. The molecule has 1 fully saturated rings. The minimum Gasteiger partial charge on any atom is -0.311 e. The van der Waals surface area contributed by atoms with Crippen LogP contribution in [0.5, 0.6) is 0 Å². The number of hydrogen-bond donors (Lipinski definition) is 1. The summed E-state index contributed by atoms with van der Waals surface area (Å²) in [5.41, 5.74) is 0.716. The molecule has 1 aliphatic heterocycles. The Kier molecular flexibility index (Phi) is 4.44. The first-order chi connectivity index (χ1) is 8.65. The van der Waals surface area contributed by atoms with Crippen LogP contribution in [-0.4, -0.2) is 18.2 Å². The second kappa shape index (κ2) is 5.87. The van der Waals surface area contributed by atoms with E-state index in [1.807, 2.05) is 5.40 Å². The Bertz CT molecular complexity index is 515. The molecule has 1 aromatic carbocycles. The number of halogens is 1. The minimum absolute atomic E-state index is 0.0802. The molecule has 1 atom stereocenters. The van der Waals surface area contributed by atoms with Gasteiger partial charge in [-0.2, -0.15) is 17.9 Å². The highest BCUT2D eigenvalue weighted by Gasteiger charge is 2.30. The van der Waals surface area contributed by atoms with Crippen molar-refractivity contribution in [2.24, 2.45) is 5.92 Å². The summed E-state index contributed by atoms with van der Waals surface area (Å²) in [6.45, 7) is 0.660. The van der Waals surface area contributed by atoms with E-state index in [4.69, 9.17) is 16.9 Å². The van der Waals surface area contributed by atoms with E-state index in [2.05, 4.69) is 12.6 Å². The van der Waals surface area contributed by atoms with Gasteiger partial charge < -0.3 is 4.90 Å². The van der Waals surface area contributed by atoms with Crippen LogP contribution in [0.1, 0.15) is 6.42 Å². The van der Waals surface area contributed by atoms with Crippen molar-refractivity contribution in [2.45, 2.75) is 11.3 Å². The van der Waals surface area contributed by atoms with Gasteiger partial charge in [0, 0.05) is 17.9 Å². The van der Waals surface area contributed by atoms with Crippen molar-refractivity contribution < 1.29 is 4.79 Å². The predicted octanol–water partition coefficient (Wildman–Crippen LogP) is 3.20. The number of benzene rings is 1. The molecule has 18 heavy (non-hydrogen) atoms. The Morgan fingerprint density at radius 3 is 2.94 bits per heavy atom. The van der Waals surface area contributed by atoms with Crippen LogP contribution in [0.3, 0.4) is 0 Å². The molecule has 2 rings (SSSR count). The standard InChI is InChI=1S/C12H11ClN2OS2/c13-10-4-9(18-7-14)1-2-11(10)15-5-8(6-17)3-12(15)16/h1-2,4,8,17H,3,5-6H2. The number of anilines is 1. The molecule has 0 N–H and O–H groups in total. The van der Waals surface area contributed by atoms with Gasteiger partial charge in [0.2, 0.25) is 5.91 Å². The van der Waals surface area contributed by atoms with E-state index in [-0.39, 0.29) is 11.8 Å². The van der Waals surface area contributed by atoms with Crippen molar-refractivity contribution in [1.82, 2.24) is 0 Å². The van der Waals surface area contributed by atoms with Crippen molar-refractivity contribution in [3.05, 3.63) is 23.2 Å². The maximum atomic E-state index is 11.9. The molecule has 1 saturated heterocycles. The third-order valence-corrected chi connectivity index (χ3v) is 4.24. The van der Waals surface area contributed by atoms with E-state index >= 15 is 0 Å². The monoisotopic (exact) mass is 298 g/mol. The van der Waals surface area contributed by atoms with Gasteiger partial charge in [-0.05, 0) is 41.6 Å². The van der Waals surface area contributed by atoms with Gasteiger partial charge in [0.1, 0.15) is 5.40 Å². The second-order valence-corrected chi connectivity index (χ2v) is 5.69. The van der Waals surface area contributed by atoms with Crippen LogP contribution in [0, 0.1) is 16.6 Å². The molecule has 6 heteroatoms. The van der Waals surface area contributed by atoms with Crippen molar-refractivity contribution in [2.75, 3.05) is 17.2 Å². The molecule has 0 bridgehead atoms. The van der Waals surface area contributed by atoms with Crippen molar-refractivity contribution >= 4 is 47.6 Å². The van der Waals surface area contributed by atoms with Crippen LogP contribution in [0.15, 0.2) is 23.1 Å². The molecule has 1 aliphatic rings. The van der Waals surface area contributed by atoms with Gasteiger partial charge in [0.25, 0.3) is 0 Å². The minimum atomic E-state index is 0.0802. The fourth-order valence-electron chi connectivity index (χ4n) is 1.96. The summed E-state index contributed by atoms with van der Waals surface area (Å²) in [5, 5.41) is 11.1. The highest BCUT2D eigenvalue weighted by molar-refractivity contribution is 8.03. The number of carbonyl (C=O) groups excluding carboxylic acids is 1. The Morgan fingerprint density at radius 2 is 2.39 bits per heavy atom. The van der Waals surface area contributed by atoms with E-state index in [1.165, 1.54) is 0 Å². The summed E-state index contributed by atoms with van der Waals surface area (Å²) in [5.74, 6) is 1.06. The predicted molar refractivity (Wildman–Crippen MR) is 77.2 cm³/mol. The lowest BCUT2D eigenvalue weighted by atomic mass is 10.1. The molecular weight excluding hydrogens is 288 g/mol. The zero-order valence-corrected chi connectivity index (χ0v) is 11.9. The van der Waals surface area contributed by atoms with Crippen LogP contribution in [0.4, 0.5) is 5.69 Å². The molecular formula is C12H11ClN2OS2. The lowest BCUT2D eigenvalue weighted by Gasteiger charge is -2.18. The number of amides is 1. The average molecular weight is 299 g/mol. The van der Waals surface area contributed by atoms with E-state index in [0.29, 0.717) is 29.4 Å². The molecule has 1 unspecified atom stereocenters. The highest BCUT2D eigenvalue weighted by atomic mass is 35.5.